The monoisotopic (exact) mass is 197 g/mol. The molecule has 3 nitrogen and oxygen atoms in total. The van der Waals surface area contributed by atoms with E-state index in [9.17, 15) is 4.79 Å². The Balaban J connectivity index is 2.94. The van der Waals surface area contributed by atoms with Crippen molar-refractivity contribution >= 4 is 17.9 Å². The topological polar surface area (TPSA) is 42.9 Å². The summed E-state index contributed by atoms with van der Waals surface area (Å²) in [4.78, 5) is 18.3. The fourth-order valence-corrected chi connectivity index (χ4v) is 1.17. The van der Waals surface area contributed by atoms with Crippen LogP contribution in [0.2, 0.25) is 5.15 Å². The van der Waals surface area contributed by atoms with E-state index in [1.165, 1.54) is 6.07 Å². The van der Waals surface area contributed by atoms with Crippen LogP contribution < -0.4 is 0 Å². The van der Waals surface area contributed by atoms with Crippen molar-refractivity contribution in [2.24, 2.45) is 5.92 Å². The minimum absolute atomic E-state index is 0.218. The van der Waals surface area contributed by atoms with Gasteiger partial charge < -0.3 is 0 Å². The highest BCUT2D eigenvalue weighted by Crippen LogP contribution is 2.09. The number of halogens is 1. The molecule has 4 heteroatoms. The van der Waals surface area contributed by atoms with Crippen molar-refractivity contribution in [2.45, 2.75) is 20.3 Å². The maximum Gasteiger partial charge on any atom is 0.253 e. The van der Waals surface area contributed by atoms with E-state index in [2.05, 4.69) is 23.8 Å². The van der Waals surface area contributed by atoms with Gasteiger partial charge in [-0.3, -0.25) is 4.79 Å². The van der Waals surface area contributed by atoms with Gasteiger partial charge in [0.1, 0.15) is 16.7 Å². The largest absolute Gasteiger partial charge is 0.283 e. The van der Waals surface area contributed by atoms with Gasteiger partial charge >= 0.3 is 0 Å². The van der Waals surface area contributed by atoms with Crippen LogP contribution in [0.15, 0.2) is 6.07 Å². The van der Waals surface area contributed by atoms with Gasteiger partial charge in [-0.15, -0.1) is 0 Å². The van der Waals surface area contributed by atoms with E-state index in [0.717, 1.165) is 6.42 Å². The molecule has 0 atom stereocenters. The Hall–Kier alpha value is -0.960. The lowest BCUT2D eigenvalue weighted by Gasteiger charge is -2.03. The van der Waals surface area contributed by atoms with Crippen LogP contribution in [0.25, 0.3) is 0 Å². The van der Waals surface area contributed by atoms with Crippen LogP contribution >= 0.6 is 11.6 Å². The second-order valence-corrected chi connectivity index (χ2v) is 3.58. The fourth-order valence-electron chi connectivity index (χ4n) is 0.973. The third-order valence-electron chi connectivity index (χ3n) is 1.44. The van der Waals surface area contributed by atoms with Gasteiger partial charge in [-0.2, -0.15) is 0 Å². The summed E-state index contributed by atoms with van der Waals surface area (Å²) < 4.78 is 0. The van der Waals surface area contributed by atoms with Crippen LogP contribution in [0.4, 0.5) is 0 Å². The number of nitrogens with zero attached hydrogens (tertiary/aromatic N) is 2. The quantitative estimate of drug-likeness (QED) is 0.694. The van der Waals surface area contributed by atoms with Crippen LogP contribution in [0.5, 0.6) is 0 Å². The molecule has 1 radical (unpaired) electrons. The maximum absolute atomic E-state index is 10.3. The van der Waals surface area contributed by atoms with Gasteiger partial charge in [0.05, 0.1) is 0 Å². The molecule has 0 fully saturated rings. The molecule has 69 valence electrons. The summed E-state index contributed by atoms with van der Waals surface area (Å²) in [5.41, 5.74) is 0.218. The van der Waals surface area contributed by atoms with Crippen LogP contribution in [0.3, 0.4) is 0 Å². The molecule has 0 aliphatic heterocycles. The maximum atomic E-state index is 10.3. The molecule has 1 aromatic rings. The highest BCUT2D eigenvalue weighted by atomic mass is 35.5. The molecule has 0 saturated heterocycles. The Labute approximate surface area is 82.2 Å². The van der Waals surface area contributed by atoms with Crippen LogP contribution in [0.1, 0.15) is 25.4 Å². The van der Waals surface area contributed by atoms with Crippen molar-refractivity contribution in [2.75, 3.05) is 0 Å². The first-order chi connectivity index (χ1) is 6.11. The molecule has 0 amide bonds. The predicted molar refractivity (Wildman–Crippen MR) is 50.4 cm³/mol. The van der Waals surface area contributed by atoms with E-state index in [1.54, 1.807) is 6.29 Å². The van der Waals surface area contributed by atoms with E-state index in [0.29, 0.717) is 16.9 Å². The average molecular weight is 198 g/mol. The number of hydrogen-bond acceptors (Lipinski definition) is 3. The van der Waals surface area contributed by atoms with Crippen LogP contribution in [-0.4, -0.2) is 16.3 Å². The Morgan fingerprint density at radius 3 is 2.77 bits per heavy atom. The summed E-state index contributed by atoms with van der Waals surface area (Å²) in [5, 5.41) is 0.295. The molecule has 0 bridgehead atoms. The molecule has 1 aromatic heterocycles. The molecule has 13 heavy (non-hydrogen) atoms. The number of carbonyl (C=O) groups excluding carboxylic acids is 1. The van der Waals surface area contributed by atoms with Crippen molar-refractivity contribution in [1.82, 2.24) is 9.97 Å². The van der Waals surface area contributed by atoms with Gasteiger partial charge in [0, 0.05) is 12.5 Å². The SMILES string of the molecule is CC(C)Cc1nc(Cl)cc([C]=O)n1. The molecule has 0 spiro atoms. The zero-order chi connectivity index (χ0) is 9.84. The molecule has 1 heterocycles. The normalized spacial score (nSPS) is 10.5. The van der Waals surface area contributed by atoms with Crippen LogP contribution in [0, 0.1) is 5.92 Å². The zero-order valence-electron chi connectivity index (χ0n) is 7.54. The first kappa shape index (κ1) is 10.1. The molecule has 1 rings (SSSR count). The predicted octanol–water partition coefficient (Wildman–Crippen LogP) is 1.79. The molecule has 0 N–H and O–H groups in total. The Bertz CT molecular complexity index is 312. The second-order valence-electron chi connectivity index (χ2n) is 3.19. The Morgan fingerprint density at radius 2 is 2.23 bits per heavy atom. The summed E-state index contributed by atoms with van der Waals surface area (Å²) in [5.74, 6) is 1.04. The third-order valence-corrected chi connectivity index (χ3v) is 1.63. The summed E-state index contributed by atoms with van der Waals surface area (Å²) in [6, 6.07) is 1.40. The van der Waals surface area contributed by atoms with E-state index in [1.807, 2.05) is 0 Å². The third kappa shape index (κ3) is 3.11. The van der Waals surface area contributed by atoms with E-state index in [4.69, 9.17) is 11.6 Å². The number of hydrogen-bond donors (Lipinski definition) is 0. The summed E-state index contributed by atoms with van der Waals surface area (Å²) in [7, 11) is 0. The lowest BCUT2D eigenvalue weighted by Crippen LogP contribution is -2.03. The van der Waals surface area contributed by atoms with Gasteiger partial charge in [-0.25, -0.2) is 9.97 Å². The van der Waals surface area contributed by atoms with Gasteiger partial charge in [0.2, 0.25) is 0 Å². The lowest BCUT2D eigenvalue weighted by atomic mass is 10.1. The fraction of sp³-hybridized carbons (Fsp3) is 0.444. The van der Waals surface area contributed by atoms with Gasteiger partial charge in [-0.05, 0) is 5.92 Å². The molecule has 0 aromatic carbocycles. The van der Waals surface area contributed by atoms with E-state index < -0.39 is 0 Å². The lowest BCUT2D eigenvalue weighted by molar-refractivity contribution is 0.560. The van der Waals surface area contributed by atoms with Gasteiger partial charge in [0.15, 0.2) is 0 Å². The molecule has 0 aliphatic carbocycles. The second kappa shape index (κ2) is 4.33. The van der Waals surface area contributed by atoms with Gasteiger partial charge in [0.25, 0.3) is 6.29 Å². The van der Waals surface area contributed by atoms with Crippen molar-refractivity contribution < 1.29 is 4.79 Å². The number of aromatic nitrogens is 2. The highest BCUT2D eigenvalue weighted by Gasteiger charge is 2.04. The molecule has 0 saturated carbocycles. The Kier molecular flexibility index (Phi) is 3.37. The highest BCUT2D eigenvalue weighted by molar-refractivity contribution is 6.29. The van der Waals surface area contributed by atoms with Crippen molar-refractivity contribution in [3.8, 4) is 0 Å². The molecule has 0 unspecified atom stereocenters. The first-order valence-electron chi connectivity index (χ1n) is 4.03. The molecular weight excluding hydrogens is 188 g/mol. The van der Waals surface area contributed by atoms with Crippen molar-refractivity contribution in [3.63, 3.8) is 0 Å². The Morgan fingerprint density at radius 1 is 1.54 bits per heavy atom. The molecular formula is C9H10ClN2O. The molecule has 0 aliphatic rings. The summed E-state index contributed by atoms with van der Waals surface area (Å²) in [6.45, 7) is 4.10. The van der Waals surface area contributed by atoms with Crippen LogP contribution in [-0.2, 0) is 11.2 Å². The van der Waals surface area contributed by atoms with E-state index >= 15 is 0 Å². The standard InChI is InChI=1S/C9H10ClN2O/c1-6(2)3-9-11-7(5-13)4-8(10)12-9/h4,6H,3H2,1-2H3. The minimum Gasteiger partial charge on any atom is -0.283 e. The zero-order valence-corrected chi connectivity index (χ0v) is 8.30. The van der Waals surface area contributed by atoms with Crippen molar-refractivity contribution in [3.05, 3.63) is 22.7 Å². The van der Waals surface area contributed by atoms with Gasteiger partial charge in [-0.1, -0.05) is 25.4 Å². The number of rotatable bonds is 3. The first-order valence-corrected chi connectivity index (χ1v) is 4.41. The van der Waals surface area contributed by atoms with E-state index in [-0.39, 0.29) is 5.69 Å². The summed E-state index contributed by atoms with van der Waals surface area (Å²) in [6.07, 6.45) is 2.41. The average Bonchev–Trinajstić information content (AvgIpc) is 2.01. The summed E-state index contributed by atoms with van der Waals surface area (Å²) >= 11 is 5.68. The smallest absolute Gasteiger partial charge is 0.253 e. The van der Waals surface area contributed by atoms with Crippen molar-refractivity contribution in [1.29, 1.82) is 0 Å². The minimum atomic E-state index is 0.218.